The third-order valence-corrected chi connectivity index (χ3v) is 8.35. The molecular weight excluding hydrogens is 644 g/mol. The topological polar surface area (TPSA) is 164 Å². The van der Waals surface area contributed by atoms with Gasteiger partial charge < -0.3 is 33.3 Å². The van der Waals surface area contributed by atoms with E-state index in [0.717, 1.165) is 0 Å². The van der Waals surface area contributed by atoms with E-state index in [1.807, 2.05) is 0 Å². The smallest absolute Gasteiger partial charge is 0.412 e. The molecule has 1 aromatic heterocycles. The number of aromatic nitrogens is 1. The van der Waals surface area contributed by atoms with Crippen molar-refractivity contribution in [1.29, 1.82) is 0 Å². The molecule has 2 heterocycles. The van der Waals surface area contributed by atoms with Crippen molar-refractivity contribution in [3.63, 3.8) is 0 Å². The molecule has 3 aromatic carbocycles. The average molecular weight is 679 g/mol. The summed E-state index contributed by atoms with van der Waals surface area (Å²) in [6.45, 7) is 1.03. The Morgan fingerprint density at radius 2 is 1.60 bits per heavy atom. The quantitative estimate of drug-likeness (QED) is 0.187. The Morgan fingerprint density at radius 1 is 0.875 bits per heavy atom. The number of nitrogens with zero attached hydrogens (tertiary/aromatic N) is 2. The Morgan fingerprint density at radius 3 is 2.29 bits per heavy atom. The Labute approximate surface area is 277 Å². The predicted octanol–water partition coefficient (Wildman–Crippen LogP) is 4.79. The molecule has 1 aliphatic rings. The van der Waals surface area contributed by atoms with Crippen LogP contribution in [0.5, 0.6) is 28.7 Å². The number of nitrogens with one attached hydrogen (secondary N) is 2. The van der Waals surface area contributed by atoms with Crippen molar-refractivity contribution in [3.05, 3.63) is 90.6 Å². The van der Waals surface area contributed by atoms with E-state index in [-0.39, 0.29) is 52.5 Å². The van der Waals surface area contributed by atoms with Crippen molar-refractivity contribution >= 4 is 33.5 Å². The number of morpholine rings is 1. The molecule has 14 nitrogen and oxygen atoms in total. The van der Waals surface area contributed by atoms with Crippen LogP contribution >= 0.6 is 0 Å². The molecule has 0 unspecified atom stereocenters. The van der Waals surface area contributed by atoms with E-state index < -0.39 is 16.1 Å². The van der Waals surface area contributed by atoms with Crippen molar-refractivity contribution < 1.29 is 46.4 Å². The molecule has 0 aliphatic carbocycles. The summed E-state index contributed by atoms with van der Waals surface area (Å²) in [5.41, 5.74) is 0.0418. The van der Waals surface area contributed by atoms with Crippen molar-refractivity contribution in [2.45, 2.75) is 4.90 Å². The van der Waals surface area contributed by atoms with E-state index in [1.54, 1.807) is 47.4 Å². The number of hydrogen-bond donors (Lipinski definition) is 2. The number of rotatable bonds is 13. The van der Waals surface area contributed by atoms with Crippen LogP contribution in [0, 0.1) is 0 Å². The van der Waals surface area contributed by atoms with Crippen LogP contribution in [-0.4, -0.2) is 84.0 Å². The minimum atomic E-state index is -4.22. The third-order valence-electron chi connectivity index (χ3n) is 6.96. The summed E-state index contributed by atoms with van der Waals surface area (Å²) in [6, 6.07) is 20.4. The van der Waals surface area contributed by atoms with Gasteiger partial charge in [-0.2, -0.15) is 0 Å². The zero-order chi connectivity index (χ0) is 33.9. The van der Waals surface area contributed by atoms with E-state index in [2.05, 4.69) is 15.0 Å². The lowest BCUT2D eigenvalue weighted by molar-refractivity contribution is 0.0302. The summed E-state index contributed by atoms with van der Waals surface area (Å²) in [5, 5.41) is 2.50. The third kappa shape index (κ3) is 8.63. The maximum Gasteiger partial charge on any atom is 0.412 e. The van der Waals surface area contributed by atoms with Crippen LogP contribution in [0.2, 0.25) is 0 Å². The van der Waals surface area contributed by atoms with Gasteiger partial charge in [-0.05, 0) is 60.7 Å². The first-order chi connectivity index (χ1) is 23.3. The summed E-state index contributed by atoms with van der Waals surface area (Å²) >= 11 is 0. The number of pyridine rings is 1. The molecule has 0 bridgehead atoms. The molecule has 1 saturated heterocycles. The van der Waals surface area contributed by atoms with Crippen LogP contribution in [-0.2, 0) is 19.5 Å². The Balaban J connectivity index is 1.50. The van der Waals surface area contributed by atoms with Crippen molar-refractivity contribution in [1.82, 2.24) is 9.88 Å². The molecule has 1 fully saturated rings. The van der Waals surface area contributed by atoms with E-state index in [0.29, 0.717) is 43.6 Å². The van der Waals surface area contributed by atoms with E-state index >= 15 is 0 Å². The molecule has 15 heteroatoms. The summed E-state index contributed by atoms with van der Waals surface area (Å²) in [4.78, 5) is 31.5. The largest absolute Gasteiger partial charge is 0.497 e. The maximum atomic E-state index is 13.7. The van der Waals surface area contributed by atoms with Gasteiger partial charge in [-0.3, -0.25) is 14.8 Å². The number of sulfonamides is 1. The first-order valence-corrected chi connectivity index (χ1v) is 16.3. The van der Waals surface area contributed by atoms with Gasteiger partial charge in [-0.15, -0.1) is 0 Å². The van der Waals surface area contributed by atoms with Gasteiger partial charge in [0.15, 0.2) is 23.0 Å². The first kappa shape index (κ1) is 33.8. The molecule has 5 rings (SSSR count). The summed E-state index contributed by atoms with van der Waals surface area (Å²) < 4.78 is 63.4. The number of ether oxygens (including phenoxy) is 6. The van der Waals surface area contributed by atoms with Crippen molar-refractivity contribution in [2.24, 2.45) is 0 Å². The van der Waals surface area contributed by atoms with E-state index in [4.69, 9.17) is 28.4 Å². The van der Waals surface area contributed by atoms with Gasteiger partial charge in [0, 0.05) is 24.8 Å². The molecule has 48 heavy (non-hydrogen) atoms. The second-order valence-corrected chi connectivity index (χ2v) is 11.8. The molecule has 0 atom stereocenters. The van der Waals surface area contributed by atoms with Gasteiger partial charge in [0.05, 0.1) is 38.0 Å². The SMILES string of the molecule is COc1ccc(S(=O)(=O)Nc2cc(C(=O)N3CCOCC3)cc(OCCOC(=O)Nc3ccccn3)c2Oc2ccccc2OC)cc1. The molecule has 0 radical (unpaired) electrons. The lowest BCUT2D eigenvalue weighted by atomic mass is 10.1. The number of benzene rings is 3. The zero-order valence-electron chi connectivity index (χ0n) is 26.2. The van der Waals surface area contributed by atoms with Gasteiger partial charge >= 0.3 is 6.09 Å². The van der Waals surface area contributed by atoms with E-state index in [9.17, 15) is 18.0 Å². The Kier molecular flexibility index (Phi) is 11.2. The van der Waals surface area contributed by atoms with E-state index in [1.165, 1.54) is 56.8 Å². The molecular formula is C33H34N4O10S. The maximum absolute atomic E-state index is 13.7. The van der Waals surface area contributed by atoms with Gasteiger partial charge in [-0.25, -0.2) is 18.2 Å². The molecule has 1 aliphatic heterocycles. The number of para-hydroxylation sites is 2. The molecule has 252 valence electrons. The fourth-order valence-corrected chi connectivity index (χ4v) is 5.65. The highest BCUT2D eigenvalue weighted by Gasteiger charge is 2.26. The minimum absolute atomic E-state index is 0.00109. The monoisotopic (exact) mass is 678 g/mol. The molecule has 2 N–H and O–H groups in total. The zero-order valence-corrected chi connectivity index (χ0v) is 27.0. The second-order valence-electron chi connectivity index (χ2n) is 10.1. The van der Waals surface area contributed by atoms with Gasteiger partial charge in [0.2, 0.25) is 0 Å². The summed E-state index contributed by atoms with van der Waals surface area (Å²) in [6.07, 6.45) is 0.764. The van der Waals surface area contributed by atoms with Crippen LogP contribution in [0.4, 0.5) is 16.3 Å². The standard InChI is InChI=1S/C33H34N4O10S/c1-42-24-10-12-25(13-11-24)48(40,41)36-26-21-23(32(38)37-15-17-44-18-16-37)22-29(31(26)47-28-8-4-3-7-27(28)43-2)45-19-20-46-33(39)35-30-9-5-6-14-34-30/h3-14,21-22,36H,15-20H2,1-2H3,(H,34,35,39). The fourth-order valence-electron chi connectivity index (χ4n) is 4.60. The summed E-state index contributed by atoms with van der Waals surface area (Å²) in [7, 11) is -1.29. The van der Waals surface area contributed by atoms with Crippen molar-refractivity contribution in [2.75, 3.05) is 63.8 Å². The molecule has 4 aromatic rings. The van der Waals surface area contributed by atoms with Crippen LogP contribution in [0.3, 0.4) is 0 Å². The fraction of sp³-hybridized carbons (Fsp3) is 0.242. The van der Waals surface area contributed by atoms with Crippen LogP contribution in [0.15, 0.2) is 90.0 Å². The number of amides is 2. The van der Waals surface area contributed by atoms with Crippen LogP contribution in [0.1, 0.15) is 10.4 Å². The highest BCUT2D eigenvalue weighted by Crippen LogP contribution is 2.43. The predicted molar refractivity (Wildman–Crippen MR) is 175 cm³/mol. The molecule has 0 saturated carbocycles. The van der Waals surface area contributed by atoms with Gasteiger partial charge in [-0.1, -0.05) is 18.2 Å². The van der Waals surface area contributed by atoms with Crippen LogP contribution < -0.4 is 29.0 Å². The number of carbonyl (C=O) groups is 2. The molecule has 0 spiro atoms. The highest BCUT2D eigenvalue weighted by atomic mass is 32.2. The van der Waals surface area contributed by atoms with Crippen LogP contribution in [0.25, 0.3) is 0 Å². The Bertz CT molecular complexity index is 1820. The normalized spacial score (nSPS) is 12.8. The van der Waals surface area contributed by atoms with Crippen molar-refractivity contribution in [3.8, 4) is 28.7 Å². The number of hydrogen-bond acceptors (Lipinski definition) is 11. The molecule has 2 amide bonds. The number of anilines is 2. The Hall–Kier alpha value is -5.54. The van der Waals surface area contributed by atoms with Gasteiger partial charge in [0.25, 0.3) is 15.9 Å². The van der Waals surface area contributed by atoms with Gasteiger partial charge in [0.1, 0.15) is 24.8 Å². The number of carbonyl (C=O) groups excluding carboxylic acids is 2. The first-order valence-electron chi connectivity index (χ1n) is 14.8. The average Bonchev–Trinajstić information content (AvgIpc) is 3.11. The lowest BCUT2D eigenvalue weighted by Gasteiger charge is -2.27. The lowest BCUT2D eigenvalue weighted by Crippen LogP contribution is -2.40. The number of methoxy groups -OCH3 is 2. The summed E-state index contributed by atoms with van der Waals surface area (Å²) in [5.74, 6) is 0.943. The second kappa shape index (κ2) is 15.8. The highest BCUT2D eigenvalue weighted by molar-refractivity contribution is 7.92. The minimum Gasteiger partial charge on any atom is -0.497 e.